The molecule has 0 amide bonds. The first-order valence-electron chi connectivity index (χ1n) is 41.3. The summed E-state index contributed by atoms with van der Waals surface area (Å²) < 4.78 is 68.7. The van der Waals surface area contributed by atoms with Gasteiger partial charge >= 0.3 is 39.5 Å². The zero-order valence-corrected chi connectivity index (χ0v) is 66.8. The molecule has 100 heavy (non-hydrogen) atoms. The number of hydrogen-bond donors (Lipinski definition) is 3. The smallest absolute Gasteiger partial charge is 0.462 e. The van der Waals surface area contributed by atoms with Gasteiger partial charge in [-0.15, -0.1) is 0 Å². The van der Waals surface area contributed by atoms with Gasteiger partial charge in [0.1, 0.15) is 19.3 Å². The Morgan fingerprint density at radius 2 is 0.590 bits per heavy atom. The number of phosphoric ester groups is 2. The highest BCUT2D eigenvalue weighted by Crippen LogP contribution is 2.45. The number of phosphoric acid groups is 2. The molecule has 0 spiro atoms. The van der Waals surface area contributed by atoms with Crippen LogP contribution in [0.15, 0.2) is 24.3 Å². The van der Waals surface area contributed by atoms with E-state index in [0.717, 1.165) is 121 Å². The van der Waals surface area contributed by atoms with Crippen molar-refractivity contribution in [2.75, 3.05) is 39.6 Å². The van der Waals surface area contributed by atoms with Gasteiger partial charge in [0.25, 0.3) is 0 Å². The maximum atomic E-state index is 13.1. The molecule has 19 heteroatoms. The van der Waals surface area contributed by atoms with Crippen LogP contribution in [0.4, 0.5) is 0 Å². The molecule has 0 aliphatic heterocycles. The van der Waals surface area contributed by atoms with E-state index in [9.17, 15) is 43.2 Å². The first-order valence-corrected chi connectivity index (χ1v) is 44.3. The van der Waals surface area contributed by atoms with Gasteiger partial charge in [-0.05, 0) is 63.2 Å². The lowest BCUT2D eigenvalue weighted by molar-refractivity contribution is -0.161. The number of carbonyl (C=O) groups is 4. The van der Waals surface area contributed by atoms with E-state index in [0.29, 0.717) is 25.7 Å². The van der Waals surface area contributed by atoms with Crippen molar-refractivity contribution in [2.45, 2.75) is 419 Å². The van der Waals surface area contributed by atoms with Crippen LogP contribution in [0.1, 0.15) is 401 Å². The lowest BCUT2D eigenvalue weighted by Gasteiger charge is -2.21. The third kappa shape index (κ3) is 72.5. The van der Waals surface area contributed by atoms with Gasteiger partial charge in [-0.2, -0.15) is 0 Å². The molecular formula is C81H154O17P2. The van der Waals surface area contributed by atoms with Crippen molar-refractivity contribution >= 4 is 39.5 Å². The van der Waals surface area contributed by atoms with E-state index in [1.165, 1.54) is 199 Å². The third-order valence-corrected chi connectivity index (χ3v) is 20.6. The Kier molecular flexibility index (Phi) is 70.3. The Balaban J connectivity index is 5.28. The molecule has 0 fully saturated rings. The zero-order chi connectivity index (χ0) is 73.5. The minimum Gasteiger partial charge on any atom is -0.462 e. The van der Waals surface area contributed by atoms with Gasteiger partial charge in [0.2, 0.25) is 0 Å². The lowest BCUT2D eigenvalue weighted by Crippen LogP contribution is -2.30. The fourth-order valence-electron chi connectivity index (χ4n) is 12.0. The topological polar surface area (TPSA) is 237 Å². The third-order valence-electron chi connectivity index (χ3n) is 18.7. The van der Waals surface area contributed by atoms with E-state index in [-0.39, 0.29) is 25.7 Å². The summed E-state index contributed by atoms with van der Waals surface area (Å²) in [6, 6.07) is 0. The molecule has 0 aromatic carbocycles. The molecule has 0 saturated heterocycles. The van der Waals surface area contributed by atoms with Gasteiger partial charge in [-0.25, -0.2) is 9.13 Å². The second kappa shape index (κ2) is 72.1. The molecule has 0 bridgehead atoms. The Morgan fingerprint density at radius 3 is 0.900 bits per heavy atom. The van der Waals surface area contributed by atoms with E-state index in [1.54, 1.807) is 0 Å². The van der Waals surface area contributed by atoms with Crippen molar-refractivity contribution in [1.29, 1.82) is 0 Å². The largest absolute Gasteiger partial charge is 0.472 e. The quantitative estimate of drug-likeness (QED) is 0.0169. The molecule has 6 atom stereocenters. The average molecular weight is 1460 g/mol. The summed E-state index contributed by atoms with van der Waals surface area (Å²) in [5.74, 6) is -0.624. The highest BCUT2D eigenvalue weighted by Gasteiger charge is 2.30. The molecule has 3 unspecified atom stereocenters. The van der Waals surface area contributed by atoms with Crippen molar-refractivity contribution in [3.63, 3.8) is 0 Å². The molecule has 0 aromatic rings. The van der Waals surface area contributed by atoms with Crippen molar-refractivity contribution in [3.05, 3.63) is 24.3 Å². The Labute approximate surface area is 612 Å². The predicted octanol–water partition coefficient (Wildman–Crippen LogP) is 23.8. The Bertz CT molecular complexity index is 2020. The maximum Gasteiger partial charge on any atom is 0.472 e. The number of ether oxygens (including phenoxy) is 4. The molecule has 0 heterocycles. The Morgan fingerprint density at radius 1 is 0.330 bits per heavy atom. The summed E-state index contributed by atoms with van der Waals surface area (Å²) in [5.41, 5.74) is 0. The molecule has 3 N–H and O–H groups in total. The number of hydrogen-bond acceptors (Lipinski definition) is 15. The molecular weight excluding hydrogens is 1310 g/mol. The highest BCUT2D eigenvalue weighted by atomic mass is 31.2. The minimum atomic E-state index is -4.97. The van der Waals surface area contributed by atoms with Crippen molar-refractivity contribution < 1.29 is 80.2 Å². The highest BCUT2D eigenvalue weighted by molar-refractivity contribution is 7.47. The normalized spacial score (nSPS) is 14.3. The number of aliphatic hydroxyl groups is 1. The standard InChI is InChI=1S/C81H154O17P2/c1-7-10-12-14-16-18-20-22-24-25-26-27-29-33-38-42-46-54-60-65-80(85)97-76(69-91-78(83)63-57-51-44-40-36-34-30-31-35-39-43-49-55-61-73(4)5)71-95-99(87,88)93-67-75(82)68-94-100(89,90)96-72-77(70-92-79(84)64-58-52-48-47-50-56-62-74(6)9-3)98-81(86)66-59-53-45-41-37-32-28-23-21-19-17-15-13-11-8-2/h19,21,23,28,73-77,82H,7-18,20,22,24-27,29-72H2,1-6H3,(H,87,88)(H,89,90)/b21-19-,28-23-/t74?,75-,76-,77-/m1/s1. The minimum absolute atomic E-state index is 0.0843. The molecule has 590 valence electrons. The summed E-state index contributed by atoms with van der Waals surface area (Å²) in [6.45, 7) is 9.54. The van der Waals surface area contributed by atoms with Crippen LogP contribution >= 0.6 is 15.6 Å². The first-order chi connectivity index (χ1) is 48.4. The van der Waals surface area contributed by atoms with E-state index >= 15 is 0 Å². The second-order valence-corrected chi connectivity index (χ2v) is 32.1. The van der Waals surface area contributed by atoms with Crippen LogP contribution in [0.3, 0.4) is 0 Å². The molecule has 17 nitrogen and oxygen atoms in total. The predicted molar refractivity (Wildman–Crippen MR) is 409 cm³/mol. The molecule has 0 saturated carbocycles. The second-order valence-electron chi connectivity index (χ2n) is 29.2. The average Bonchev–Trinajstić information content (AvgIpc) is 1.04. The van der Waals surface area contributed by atoms with Crippen LogP contribution in [0, 0.1) is 11.8 Å². The molecule has 0 radical (unpaired) electrons. The van der Waals surface area contributed by atoms with Crippen LogP contribution in [-0.4, -0.2) is 96.7 Å². The SMILES string of the molecule is CCCCCC/C=C\C=C/CCCCCCCC(=O)O[C@H](COC(=O)CCCCCCCCC(C)CC)COP(=O)(O)OC[C@H](O)COP(=O)(O)OC[C@@H](COC(=O)CCCCCCCCCCCCCCCC(C)C)OC(=O)CCCCCCCCCCCCCCCCCCCCC. The van der Waals surface area contributed by atoms with E-state index in [1.807, 2.05) is 0 Å². The fourth-order valence-corrected chi connectivity index (χ4v) is 13.5. The van der Waals surface area contributed by atoms with Crippen LogP contribution in [0.25, 0.3) is 0 Å². The number of carbonyl (C=O) groups excluding carboxylic acids is 4. The zero-order valence-electron chi connectivity index (χ0n) is 65.0. The number of aliphatic hydroxyl groups excluding tert-OH is 1. The van der Waals surface area contributed by atoms with E-state index in [4.69, 9.17) is 37.0 Å². The maximum absolute atomic E-state index is 13.1. The van der Waals surface area contributed by atoms with Gasteiger partial charge < -0.3 is 33.8 Å². The lowest BCUT2D eigenvalue weighted by atomic mass is 10.00. The summed E-state index contributed by atoms with van der Waals surface area (Å²) in [7, 11) is -9.93. The summed E-state index contributed by atoms with van der Waals surface area (Å²) >= 11 is 0. The molecule has 0 aromatic heterocycles. The Hall–Kier alpha value is -2.46. The summed E-state index contributed by atoms with van der Waals surface area (Å²) in [4.78, 5) is 73.0. The fraction of sp³-hybridized carbons (Fsp3) is 0.901. The van der Waals surface area contributed by atoms with Crippen molar-refractivity contribution in [1.82, 2.24) is 0 Å². The monoisotopic (exact) mass is 1460 g/mol. The summed E-state index contributed by atoms with van der Waals surface area (Å²) in [5, 5.41) is 10.6. The van der Waals surface area contributed by atoms with Crippen LogP contribution < -0.4 is 0 Å². The number of unbranched alkanes of at least 4 members (excludes halogenated alkanes) is 44. The number of allylic oxidation sites excluding steroid dienone is 4. The van der Waals surface area contributed by atoms with E-state index < -0.39 is 97.5 Å². The molecule has 0 aliphatic rings. The van der Waals surface area contributed by atoms with Gasteiger partial charge in [0, 0.05) is 25.7 Å². The van der Waals surface area contributed by atoms with Crippen LogP contribution in [0.2, 0.25) is 0 Å². The van der Waals surface area contributed by atoms with Gasteiger partial charge in [0.05, 0.1) is 26.4 Å². The van der Waals surface area contributed by atoms with Gasteiger partial charge in [-0.3, -0.25) is 37.3 Å². The number of rotatable bonds is 78. The molecule has 0 rings (SSSR count). The van der Waals surface area contributed by atoms with Crippen LogP contribution in [-0.2, 0) is 65.4 Å². The van der Waals surface area contributed by atoms with Crippen LogP contribution in [0.5, 0.6) is 0 Å². The number of esters is 4. The van der Waals surface area contributed by atoms with Gasteiger partial charge in [-0.1, -0.05) is 348 Å². The van der Waals surface area contributed by atoms with E-state index in [2.05, 4.69) is 65.8 Å². The van der Waals surface area contributed by atoms with Crippen molar-refractivity contribution in [2.24, 2.45) is 11.8 Å². The molecule has 0 aliphatic carbocycles. The van der Waals surface area contributed by atoms with Crippen molar-refractivity contribution in [3.8, 4) is 0 Å². The summed E-state index contributed by atoms with van der Waals surface area (Å²) in [6.07, 6.45) is 64.7. The van der Waals surface area contributed by atoms with Gasteiger partial charge in [0.15, 0.2) is 12.2 Å². The first kappa shape index (κ1) is 97.5.